The van der Waals surface area contributed by atoms with Crippen LogP contribution >= 0.6 is 11.8 Å². The Labute approximate surface area is 108 Å². The van der Waals surface area contributed by atoms with Gasteiger partial charge in [0.15, 0.2) is 5.82 Å². The zero-order valence-corrected chi connectivity index (χ0v) is 10.4. The molecule has 94 valence electrons. The average molecular weight is 263 g/mol. The first-order chi connectivity index (χ1) is 8.79. The number of hydrogen-bond acceptors (Lipinski definition) is 6. The van der Waals surface area contributed by atoms with Crippen molar-refractivity contribution >= 4 is 11.8 Å². The van der Waals surface area contributed by atoms with Gasteiger partial charge in [-0.2, -0.15) is 4.98 Å². The Bertz CT molecular complexity index is 558. The van der Waals surface area contributed by atoms with Gasteiger partial charge in [-0.05, 0) is 11.6 Å². The first kappa shape index (κ1) is 11.7. The Kier molecular flexibility index (Phi) is 3.07. The fraction of sp³-hybridized carbons (Fsp3) is 0.333. The molecule has 3 N–H and O–H groups in total. The lowest BCUT2D eigenvalue weighted by Crippen LogP contribution is -2.16. The molecule has 0 saturated heterocycles. The van der Waals surface area contributed by atoms with Crippen molar-refractivity contribution < 1.29 is 9.63 Å². The highest BCUT2D eigenvalue weighted by molar-refractivity contribution is 7.99. The summed E-state index contributed by atoms with van der Waals surface area (Å²) < 4.78 is 5.26. The van der Waals surface area contributed by atoms with Crippen molar-refractivity contribution in [2.24, 2.45) is 5.73 Å². The quantitative estimate of drug-likeness (QED) is 0.868. The van der Waals surface area contributed by atoms with Gasteiger partial charge in [0.1, 0.15) is 0 Å². The van der Waals surface area contributed by atoms with E-state index in [9.17, 15) is 0 Å². The maximum Gasteiger partial charge on any atom is 0.235 e. The summed E-state index contributed by atoms with van der Waals surface area (Å²) in [6, 6.07) is 7.63. The third-order valence-corrected chi connectivity index (χ3v) is 4.17. The van der Waals surface area contributed by atoms with Crippen molar-refractivity contribution in [2.45, 2.75) is 16.9 Å². The van der Waals surface area contributed by atoms with Crippen LogP contribution in [0.3, 0.4) is 0 Å². The molecule has 2 unspecified atom stereocenters. The van der Waals surface area contributed by atoms with Crippen LogP contribution in [0.1, 0.15) is 29.2 Å². The number of benzene rings is 1. The van der Waals surface area contributed by atoms with Crippen LogP contribution in [-0.2, 0) is 0 Å². The van der Waals surface area contributed by atoms with E-state index in [1.165, 1.54) is 10.5 Å². The number of hydrogen-bond donors (Lipinski definition) is 2. The number of aromatic nitrogens is 2. The number of rotatable bonds is 3. The van der Waals surface area contributed by atoms with E-state index in [0.717, 1.165) is 5.75 Å². The van der Waals surface area contributed by atoms with E-state index in [2.05, 4.69) is 22.3 Å². The molecule has 3 rings (SSSR count). The molecule has 18 heavy (non-hydrogen) atoms. The van der Waals surface area contributed by atoms with Gasteiger partial charge < -0.3 is 15.4 Å². The lowest BCUT2D eigenvalue weighted by atomic mass is 10.0. The summed E-state index contributed by atoms with van der Waals surface area (Å²) in [5.41, 5.74) is 6.88. The third-order valence-electron chi connectivity index (χ3n) is 2.98. The standard InChI is InChI=1S/C12H13N3O2S/c13-9(5-16)11-14-12(17-15-11)8-6-18-10-4-2-1-3-7(8)10/h1-4,8-9,16H,5-6,13H2. The number of nitrogens with zero attached hydrogens (tertiary/aromatic N) is 2. The summed E-state index contributed by atoms with van der Waals surface area (Å²) in [5, 5.41) is 12.8. The van der Waals surface area contributed by atoms with Gasteiger partial charge in [0.05, 0.1) is 18.6 Å². The zero-order valence-electron chi connectivity index (χ0n) is 9.61. The predicted molar refractivity (Wildman–Crippen MR) is 67.3 cm³/mol. The van der Waals surface area contributed by atoms with Crippen LogP contribution < -0.4 is 5.73 Å². The monoisotopic (exact) mass is 263 g/mol. The second-order valence-corrected chi connectivity index (χ2v) is 5.24. The molecular weight excluding hydrogens is 250 g/mol. The molecule has 1 aliphatic rings. The largest absolute Gasteiger partial charge is 0.394 e. The summed E-state index contributed by atoms with van der Waals surface area (Å²) >= 11 is 1.79. The average Bonchev–Trinajstić information content (AvgIpc) is 3.03. The van der Waals surface area contributed by atoms with Crippen molar-refractivity contribution in [3.05, 3.63) is 41.5 Å². The fourth-order valence-corrected chi connectivity index (χ4v) is 3.21. The van der Waals surface area contributed by atoms with E-state index >= 15 is 0 Å². The van der Waals surface area contributed by atoms with Crippen LogP contribution in [0, 0.1) is 0 Å². The van der Waals surface area contributed by atoms with Crippen molar-refractivity contribution in [1.29, 1.82) is 0 Å². The van der Waals surface area contributed by atoms with E-state index < -0.39 is 6.04 Å². The van der Waals surface area contributed by atoms with Crippen molar-refractivity contribution in [3.8, 4) is 0 Å². The van der Waals surface area contributed by atoms with Crippen LogP contribution in [0.4, 0.5) is 0 Å². The van der Waals surface area contributed by atoms with Gasteiger partial charge in [-0.1, -0.05) is 23.4 Å². The summed E-state index contributed by atoms with van der Waals surface area (Å²) in [5.74, 6) is 1.96. The predicted octanol–water partition coefficient (Wildman–Crippen LogP) is 1.30. The molecule has 0 aliphatic carbocycles. The first-order valence-corrected chi connectivity index (χ1v) is 6.70. The molecular formula is C12H13N3O2S. The lowest BCUT2D eigenvalue weighted by Gasteiger charge is -2.04. The van der Waals surface area contributed by atoms with Gasteiger partial charge in [-0.3, -0.25) is 0 Å². The van der Waals surface area contributed by atoms with Crippen molar-refractivity contribution in [1.82, 2.24) is 10.1 Å². The Balaban J connectivity index is 1.91. The topological polar surface area (TPSA) is 85.2 Å². The van der Waals surface area contributed by atoms with Gasteiger partial charge in [0.2, 0.25) is 5.89 Å². The number of fused-ring (bicyclic) bond motifs is 1. The number of aliphatic hydroxyl groups is 1. The van der Waals surface area contributed by atoms with Gasteiger partial charge in [0, 0.05) is 10.6 Å². The molecule has 5 nitrogen and oxygen atoms in total. The highest BCUT2D eigenvalue weighted by Gasteiger charge is 2.29. The van der Waals surface area contributed by atoms with E-state index in [0.29, 0.717) is 11.7 Å². The highest BCUT2D eigenvalue weighted by Crippen LogP contribution is 2.42. The SMILES string of the molecule is NC(CO)c1noc(C2CSc3ccccc32)n1. The first-order valence-electron chi connectivity index (χ1n) is 5.71. The molecule has 0 saturated carbocycles. The molecule has 0 radical (unpaired) electrons. The van der Waals surface area contributed by atoms with E-state index in [-0.39, 0.29) is 12.5 Å². The van der Waals surface area contributed by atoms with Gasteiger partial charge in [-0.15, -0.1) is 11.8 Å². The smallest absolute Gasteiger partial charge is 0.235 e. The lowest BCUT2D eigenvalue weighted by molar-refractivity contribution is 0.259. The molecule has 2 atom stereocenters. The normalized spacial score (nSPS) is 19.8. The minimum absolute atomic E-state index is 0.123. The molecule has 1 aromatic carbocycles. The van der Waals surface area contributed by atoms with E-state index in [1.54, 1.807) is 11.8 Å². The van der Waals surface area contributed by atoms with Crippen LogP contribution in [0.25, 0.3) is 0 Å². The summed E-state index contributed by atoms with van der Waals surface area (Å²) in [4.78, 5) is 5.54. The molecule has 0 fully saturated rings. The Morgan fingerprint density at radius 1 is 1.50 bits per heavy atom. The van der Waals surface area contributed by atoms with E-state index in [1.807, 2.05) is 12.1 Å². The maximum atomic E-state index is 8.97. The van der Waals surface area contributed by atoms with Crippen LogP contribution in [-0.4, -0.2) is 27.6 Å². The van der Waals surface area contributed by atoms with Crippen LogP contribution in [0.5, 0.6) is 0 Å². The maximum absolute atomic E-state index is 8.97. The van der Waals surface area contributed by atoms with Gasteiger partial charge in [0.25, 0.3) is 0 Å². The van der Waals surface area contributed by atoms with Gasteiger partial charge >= 0.3 is 0 Å². The summed E-state index contributed by atoms with van der Waals surface area (Å²) in [6.45, 7) is -0.186. The third kappa shape index (κ3) is 1.92. The molecule has 6 heteroatoms. The molecule has 2 aromatic rings. The van der Waals surface area contributed by atoms with Gasteiger partial charge in [-0.25, -0.2) is 0 Å². The molecule has 2 heterocycles. The second kappa shape index (κ2) is 4.72. The summed E-state index contributed by atoms with van der Waals surface area (Å²) in [7, 11) is 0. The minimum atomic E-state index is -0.577. The number of aliphatic hydroxyl groups excluding tert-OH is 1. The number of nitrogens with two attached hydrogens (primary N) is 1. The van der Waals surface area contributed by atoms with Crippen LogP contribution in [0.15, 0.2) is 33.7 Å². The Hall–Kier alpha value is -1.37. The zero-order chi connectivity index (χ0) is 12.5. The highest BCUT2D eigenvalue weighted by atomic mass is 32.2. The minimum Gasteiger partial charge on any atom is -0.394 e. The Morgan fingerprint density at radius 2 is 2.33 bits per heavy atom. The molecule has 0 bridgehead atoms. The molecule has 0 spiro atoms. The molecule has 1 aliphatic heterocycles. The summed E-state index contributed by atoms with van der Waals surface area (Å²) in [6.07, 6.45) is 0. The molecule has 0 amide bonds. The Morgan fingerprint density at radius 3 is 3.17 bits per heavy atom. The fourth-order valence-electron chi connectivity index (χ4n) is 1.99. The van der Waals surface area contributed by atoms with Crippen molar-refractivity contribution in [3.63, 3.8) is 0 Å². The van der Waals surface area contributed by atoms with Crippen LogP contribution in [0.2, 0.25) is 0 Å². The second-order valence-electron chi connectivity index (χ2n) is 4.18. The van der Waals surface area contributed by atoms with Crippen molar-refractivity contribution in [2.75, 3.05) is 12.4 Å². The van der Waals surface area contributed by atoms with E-state index in [4.69, 9.17) is 15.4 Å². The number of thioether (sulfide) groups is 1. The molecule has 1 aromatic heterocycles.